The summed E-state index contributed by atoms with van der Waals surface area (Å²) in [4.78, 5) is 12.5. The Hall–Kier alpha value is -3.02. The SMILES string of the molecule is Nc1cc(NCC2=CC=NC2)c2ccc(C3=CC=NC3)c(F)c2n1. The predicted octanol–water partition coefficient (Wildman–Crippen LogP) is 2.85. The number of halogens is 1. The van der Waals surface area contributed by atoms with Crippen molar-refractivity contribution in [2.24, 2.45) is 9.98 Å². The van der Waals surface area contributed by atoms with Gasteiger partial charge in [-0.2, -0.15) is 0 Å². The van der Waals surface area contributed by atoms with Crippen LogP contribution in [0.4, 0.5) is 15.9 Å². The molecule has 0 aliphatic carbocycles. The van der Waals surface area contributed by atoms with Crippen LogP contribution in [0.1, 0.15) is 5.56 Å². The number of aromatic nitrogens is 1. The zero-order valence-electron chi connectivity index (χ0n) is 13.0. The highest BCUT2D eigenvalue weighted by Crippen LogP contribution is 2.31. The number of benzene rings is 1. The molecule has 0 atom stereocenters. The highest BCUT2D eigenvalue weighted by atomic mass is 19.1. The Morgan fingerprint density at radius 2 is 1.96 bits per heavy atom. The quantitative estimate of drug-likeness (QED) is 0.909. The molecule has 0 radical (unpaired) electrons. The third kappa shape index (κ3) is 2.56. The maximum atomic E-state index is 14.9. The summed E-state index contributed by atoms with van der Waals surface area (Å²) in [5.41, 5.74) is 9.48. The van der Waals surface area contributed by atoms with Crippen molar-refractivity contribution in [1.29, 1.82) is 0 Å². The molecule has 120 valence electrons. The summed E-state index contributed by atoms with van der Waals surface area (Å²) >= 11 is 0. The van der Waals surface area contributed by atoms with E-state index in [1.54, 1.807) is 24.6 Å². The van der Waals surface area contributed by atoms with Crippen LogP contribution in [-0.4, -0.2) is 37.0 Å². The second-order valence-corrected chi connectivity index (χ2v) is 5.77. The topological polar surface area (TPSA) is 75.7 Å². The van der Waals surface area contributed by atoms with E-state index in [9.17, 15) is 4.39 Å². The molecule has 2 aliphatic heterocycles. The maximum absolute atomic E-state index is 14.9. The second kappa shape index (κ2) is 5.88. The standard InChI is InChI=1S/C18H16FN5/c19-17-13(12-4-6-22-10-12)1-2-14-15(7-16(20)24-18(14)17)23-9-11-3-5-21-8-11/h1-7H,8-10H2,(H3,20,23,24). The molecule has 0 unspecified atom stereocenters. The highest BCUT2D eigenvalue weighted by Gasteiger charge is 2.16. The zero-order valence-corrected chi connectivity index (χ0v) is 13.0. The van der Waals surface area contributed by atoms with Crippen molar-refractivity contribution >= 4 is 40.4 Å². The molecule has 4 rings (SSSR count). The monoisotopic (exact) mass is 321 g/mol. The Kier molecular flexibility index (Phi) is 3.57. The van der Waals surface area contributed by atoms with E-state index >= 15 is 0 Å². The van der Waals surface area contributed by atoms with Crippen LogP contribution in [0.5, 0.6) is 0 Å². The molecule has 3 N–H and O–H groups in total. The van der Waals surface area contributed by atoms with Gasteiger partial charge in [-0.3, -0.25) is 9.98 Å². The van der Waals surface area contributed by atoms with Crippen LogP contribution in [0.25, 0.3) is 16.5 Å². The van der Waals surface area contributed by atoms with Gasteiger partial charge in [0.2, 0.25) is 0 Å². The van der Waals surface area contributed by atoms with Crippen molar-refractivity contribution in [3.05, 3.63) is 47.3 Å². The number of nitrogens with two attached hydrogens (primary N) is 1. The first kappa shape index (κ1) is 14.6. The van der Waals surface area contributed by atoms with E-state index in [0.717, 1.165) is 11.3 Å². The number of allylic oxidation sites excluding steroid dienone is 2. The van der Waals surface area contributed by atoms with Crippen molar-refractivity contribution in [3.8, 4) is 0 Å². The summed E-state index contributed by atoms with van der Waals surface area (Å²) in [7, 11) is 0. The Morgan fingerprint density at radius 1 is 1.12 bits per heavy atom. The molecular formula is C18H16FN5. The van der Waals surface area contributed by atoms with Crippen LogP contribution >= 0.6 is 0 Å². The number of aliphatic imine (C=N–C) groups is 2. The summed E-state index contributed by atoms with van der Waals surface area (Å²) in [5.74, 6) is -0.0719. The van der Waals surface area contributed by atoms with E-state index in [1.807, 2.05) is 18.2 Å². The van der Waals surface area contributed by atoms with Gasteiger partial charge in [0.05, 0.1) is 13.1 Å². The van der Waals surface area contributed by atoms with Gasteiger partial charge in [-0.25, -0.2) is 9.37 Å². The molecule has 3 heterocycles. The molecular weight excluding hydrogens is 305 g/mol. The van der Waals surface area contributed by atoms with E-state index in [0.29, 0.717) is 30.6 Å². The first-order valence-corrected chi connectivity index (χ1v) is 7.72. The van der Waals surface area contributed by atoms with Gasteiger partial charge in [0, 0.05) is 41.7 Å². The van der Waals surface area contributed by atoms with Crippen LogP contribution in [-0.2, 0) is 0 Å². The van der Waals surface area contributed by atoms with Crippen molar-refractivity contribution < 1.29 is 4.39 Å². The minimum absolute atomic E-state index is 0.277. The third-order valence-corrected chi connectivity index (χ3v) is 4.14. The lowest BCUT2D eigenvalue weighted by Gasteiger charge is -2.13. The van der Waals surface area contributed by atoms with Gasteiger partial charge in [-0.15, -0.1) is 0 Å². The third-order valence-electron chi connectivity index (χ3n) is 4.14. The van der Waals surface area contributed by atoms with Gasteiger partial charge in [0.1, 0.15) is 11.3 Å². The fourth-order valence-electron chi connectivity index (χ4n) is 2.90. The van der Waals surface area contributed by atoms with Crippen molar-refractivity contribution in [3.63, 3.8) is 0 Å². The van der Waals surface area contributed by atoms with Crippen molar-refractivity contribution in [1.82, 2.24) is 4.98 Å². The molecule has 0 fully saturated rings. The average Bonchev–Trinajstić information content (AvgIpc) is 3.27. The summed E-state index contributed by atoms with van der Waals surface area (Å²) in [6.07, 6.45) is 7.28. The highest BCUT2D eigenvalue weighted by molar-refractivity contribution is 5.97. The number of fused-ring (bicyclic) bond motifs is 1. The van der Waals surface area contributed by atoms with E-state index in [4.69, 9.17) is 5.73 Å². The molecule has 5 nitrogen and oxygen atoms in total. The Balaban J connectivity index is 1.73. The number of hydrogen-bond acceptors (Lipinski definition) is 5. The van der Waals surface area contributed by atoms with E-state index < -0.39 is 0 Å². The van der Waals surface area contributed by atoms with Gasteiger partial charge >= 0.3 is 0 Å². The van der Waals surface area contributed by atoms with Crippen LogP contribution in [0, 0.1) is 5.82 Å². The van der Waals surface area contributed by atoms with Crippen LogP contribution in [0.2, 0.25) is 0 Å². The van der Waals surface area contributed by atoms with Crippen LogP contribution in [0.15, 0.2) is 45.9 Å². The van der Waals surface area contributed by atoms with Gasteiger partial charge in [0.15, 0.2) is 5.82 Å². The molecule has 0 amide bonds. The molecule has 0 saturated heterocycles. The lowest BCUT2D eigenvalue weighted by Crippen LogP contribution is -2.08. The minimum atomic E-state index is -0.358. The van der Waals surface area contributed by atoms with Crippen LogP contribution in [0.3, 0.4) is 0 Å². The van der Waals surface area contributed by atoms with E-state index in [-0.39, 0.29) is 17.2 Å². The fraction of sp³-hybridized carbons (Fsp3) is 0.167. The summed E-state index contributed by atoms with van der Waals surface area (Å²) in [5, 5.41) is 4.02. The van der Waals surface area contributed by atoms with Gasteiger partial charge in [0.25, 0.3) is 0 Å². The summed E-state index contributed by atoms with van der Waals surface area (Å²) < 4.78 is 14.9. The van der Waals surface area contributed by atoms with Gasteiger partial charge < -0.3 is 11.1 Å². The number of rotatable bonds is 4. The zero-order chi connectivity index (χ0) is 16.5. The fourth-order valence-corrected chi connectivity index (χ4v) is 2.90. The Labute approximate surface area is 138 Å². The first-order chi connectivity index (χ1) is 11.7. The Bertz CT molecular complexity index is 940. The number of nitrogens with one attached hydrogen (secondary N) is 1. The maximum Gasteiger partial charge on any atom is 0.157 e. The molecule has 2 aliphatic rings. The van der Waals surface area contributed by atoms with Crippen molar-refractivity contribution in [2.75, 3.05) is 30.7 Å². The van der Waals surface area contributed by atoms with Crippen LogP contribution < -0.4 is 11.1 Å². The number of nitrogens with zero attached hydrogens (tertiary/aromatic N) is 3. The minimum Gasteiger partial charge on any atom is -0.384 e. The number of anilines is 2. The molecule has 0 saturated carbocycles. The van der Waals surface area contributed by atoms with E-state index in [1.165, 1.54) is 5.57 Å². The summed E-state index contributed by atoms with van der Waals surface area (Å²) in [6, 6.07) is 5.39. The number of nitrogen functional groups attached to an aromatic ring is 1. The predicted molar refractivity (Wildman–Crippen MR) is 97.4 cm³/mol. The van der Waals surface area contributed by atoms with Gasteiger partial charge in [-0.05, 0) is 29.4 Å². The molecule has 0 bridgehead atoms. The molecule has 6 heteroatoms. The molecule has 1 aromatic heterocycles. The number of hydrogen-bond donors (Lipinski definition) is 2. The largest absolute Gasteiger partial charge is 0.384 e. The average molecular weight is 321 g/mol. The lowest BCUT2D eigenvalue weighted by atomic mass is 10.0. The molecule has 0 spiro atoms. The Morgan fingerprint density at radius 3 is 2.71 bits per heavy atom. The molecule has 1 aromatic carbocycles. The van der Waals surface area contributed by atoms with Gasteiger partial charge in [-0.1, -0.05) is 6.07 Å². The first-order valence-electron chi connectivity index (χ1n) is 7.72. The number of pyridine rings is 1. The van der Waals surface area contributed by atoms with E-state index in [2.05, 4.69) is 20.3 Å². The second-order valence-electron chi connectivity index (χ2n) is 5.77. The van der Waals surface area contributed by atoms with Crippen molar-refractivity contribution in [2.45, 2.75) is 0 Å². The lowest BCUT2D eigenvalue weighted by molar-refractivity contribution is 0.633. The normalized spacial score (nSPS) is 15.9. The smallest absolute Gasteiger partial charge is 0.157 e. The summed E-state index contributed by atoms with van der Waals surface area (Å²) in [6.45, 7) is 1.82. The molecule has 24 heavy (non-hydrogen) atoms. The molecule has 2 aromatic rings.